The lowest BCUT2D eigenvalue weighted by molar-refractivity contribution is 1.51. The van der Waals surface area contributed by atoms with Crippen molar-refractivity contribution in [2.45, 2.75) is 0 Å². The quantitative estimate of drug-likeness (QED) is 0.730. The molecule has 0 radical (unpaired) electrons. The predicted octanol–water partition coefficient (Wildman–Crippen LogP) is 5.13. The average molecular weight is 376 g/mol. The van der Waals surface area contributed by atoms with E-state index in [9.17, 15) is 0 Å². The smallest absolute Gasteiger partial charge is 0.106 e. The van der Waals surface area contributed by atoms with Gasteiger partial charge in [0.25, 0.3) is 0 Å². The van der Waals surface area contributed by atoms with Crippen LogP contribution in [0.3, 0.4) is 0 Å². The molecular formula is C13H9BrCl2N2S. The van der Waals surface area contributed by atoms with Crippen molar-refractivity contribution in [3.8, 4) is 0 Å². The summed E-state index contributed by atoms with van der Waals surface area (Å²) in [6.45, 7) is 0. The summed E-state index contributed by atoms with van der Waals surface area (Å²) in [7, 11) is 0. The van der Waals surface area contributed by atoms with Crippen molar-refractivity contribution in [3.63, 3.8) is 0 Å². The van der Waals surface area contributed by atoms with Crippen LogP contribution >= 0.6 is 51.3 Å². The van der Waals surface area contributed by atoms with Gasteiger partial charge in [0.1, 0.15) is 4.99 Å². The minimum Gasteiger partial charge on any atom is -0.389 e. The van der Waals surface area contributed by atoms with Crippen LogP contribution in [-0.2, 0) is 0 Å². The molecule has 3 N–H and O–H groups in total. The van der Waals surface area contributed by atoms with Gasteiger partial charge in [-0.15, -0.1) is 0 Å². The summed E-state index contributed by atoms with van der Waals surface area (Å²) in [6, 6.07) is 10.8. The molecule has 0 aliphatic heterocycles. The second-order valence-corrected chi connectivity index (χ2v) is 6.00. The van der Waals surface area contributed by atoms with Gasteiger partial charge in [-0.3, -0.25) is 0 Å². The van der Waals surface area contributed by atoms with Gasteiger partial charge >= 0.3 is 0 Å². The van der Waals surface area contributed by atoms with E-state index in [4.69, 9.17) is 41.2 Å². The van der Waals surface area contributed by atoms with Gasteiger partial charge in [-0.2, -0.15) is 0 Å². The van der Waals surface area contributed by atoms with Crippen LogP contribution in [0, 0.1) is 0 Å². The van der Waals surface area contributed by atoms with E-state index < -0.39 is 0 Å². The van der Waals surface area contributed by atoms with Gasteiger partial charge in [0, 0.05) is 15.1 Å². The predicted molar refractivity (Wildman–Crippen MR) is 89.8 cm³/mol. The molecule has 98 valence electrons. The first kappa shape index (κ1) is 14.6. The van der Waals surface area contributed by atoms with E-state index in [1.165, 1.54) is 0 Å². The molecule has 2 aromatic carbocycles. The fourth-order valence-electron chi connectivity index (χ4n) is 1.57. The molecular weight excluding hydrogens is 367 g/mol. The molecule has 2 nitrogen and oxygen atoms in total. The fourth-order valence-corrected chi connectivity index (χ4v) is 2.64. The van der Waals surface area contributed by atoms with Crippen molar-refractivity contribution in [2.75, 3.05) is 5.32 Å². The van der Waals surface area contributed by atoms with Crippen molar-refractivity contribution in [3.05, 3.63) is 56.5 Å². The largest absolute Gasteiger partial charge is 0.389 e. The summed E-state index contributed by atoms with van der Waals surface area (Å²) in [5, 5.41) is 4.37. The van der Waals surface area contributed by atoms with Gasteiger partial charge in [0.05, 0.1) is 16.4 Å². The molecule has 0 bridgehead atoms. The normalized spacial score (nSPS) is 10.3. The number of hydrogen-bond acceptors (Lipinski definition) is 2. The lowest BCUT2D eigenvalue weighted by atomic mass is 10.1. The summed E-state index contributed by atoms with van der Waals surface area (Å²) >= 11 is 20.5. The number of anilines is 2. The molecule has 2 rings (SSSR count). The number of halogens is 3. The molecule has 2 aromatic rings. The average Bonchev–Trinajstić information content (AvgIpc) is 2.32. The molecule has 6 heteroatoms. The number of nitrogens with two attached hydrogens (primary N) is 1. The lowest BCUT2D eigenvalue weighted by Crippen LogP contribution is -2.11. The topological polar surface area (TPSA) is 38.0 Å². The second-order valence-electron chi connectivity index (χ2n) is 3.80. The molecule has 0 aliphatic carbocycles. The summed E-state index contributed by atoms with van der Waals surface area (Å²) in [4.78, 5) is 0.299. The van der Waals surface area contributed by atoms with Crippen molar-refractivity contribution in [1.29, 1.82) is 0 Å². The highest BCUT2D eigenvalue weighted by Crippen LogP contribution is 2.31. The maximum absolute atomic E-state index is 6.16. The van der Waals surface area contributed by atoms with E-state index in [1.54, 1.807) is 24.3 Å². The van der Waals surface area contributed by atoms with E-state index in [-0.39, 0.29) is 0 Å². The number of rotatable bonds is 3. The van der Waals surface area contributed by atoms with Crippen LogP contribution in [0.4, 0.5) is 11.4 Å². The van der Waals surface area contributed by atoms with Gasteiger partial charge in [-0.25, -0.2) is 0 Å². The Kier molecular flexibility index (Phi) is 4.68. The van der Waals surface area contributed by atoms with Gasteiger partial charge in [0.15, 0.2) is 0 Å². The molecule has 0 atom stereocenters. The standard InChI is InChI=1S/C13H9BrCl2N2S/c14-7-1-4-11(10(16)5-7)18-12-6-8(15)2-3-9(12)13(17)19/h1-6,18H,(H2,17,19). The molecule has 0 fully saturated rings. The number of benzene rings is 2. The van der Waals surface area contributed by atoms with Crippen molar-refractivity contribution in [2.24, 2.45) is 5.73 Å². The van der Waals surface area contributed by atoms with E-state index in [0.717, 1.165) is 21.4 Å². The minimum absolute atomic E-state index is 0.299. The molecule has 0 saturated carbocycles. The summed E-state index contributed by atoms with van der Waals surface area (Å²) in [5.41, 5.74) is 7.89. The van der Waals surface area contributed by atoms with Gasteiger partial charge < -0.3 is 11.1 Å². The molecule has 0 aliphatic rings. The maximum Gasteiger partial charge on any atom is 0.106 e. The first-order valence-electron chi connectivity index (χ1n) is 5.29. The molecule has 0 heterocycles. The van der Waals surface area contributed by atoms with E-state index in [0.29, 0.717) is 15.0 Å². The van der Waals surface area contributed by atoms with E-state index in [1.807, 2.05) is 12.1 Å². The van der Waals surface area contributed by atoms with Crippen molar-refractivity contribution in [1.82, 2.24) is 0 Å². The number of thiocarbonyl (C=S) groups is 1. The van der Waals surface area contributed by atoms with Crippen LogP contribution in [0.25, 0.3) is 0 Å². The zero-order chi connectivity index (χ0) is 14.0. The minimum atomic E-state index is 0.299. The van der Waals surface area contributed by atoms with Crippen LogP contribution < -0.4 is 11.1 Å². The van der Waals surface area contributed by atoms with Crippen LogP contribution in [0.5, 0.6) is 0 Å². The molecule has 0 amide bonds. The van der Waals surface area contributed by atoms with E-state index >= 15 is 0 Å². The third-order valence-corrected chi connectivity index (χ3v) is 3.71. The first-order chi connectivity index (χ1) is 8.97. The zero-order valence-electron chi connectivity index (χ0n) is 9.58. The van der Waals surface area contributed by atoms with Crippen molar-refractivity contribution >= 4 is 67.7 Å². The molecule has 0 aromatic heterocycles. The molecule has 0 saturated heterocycles. The Labute approximate surface area is 135 Å². The highest BCUT2D eigenvalue weighted by atomic mass is 79.9. The summed E-state index contributed by atoms with van der Waals surface area (Å²) in [6.07, 6.45) is 0. The molecule has 0 unspecified atom stereocenters. The Bertz CT molecular complexity index is 647. The van der Waals surface area contributed by atoms with Crippen LogP contribution in [0.15, 0.2) is 40.9 Å². The Morgan fingerprint density at radius 2 is 1.84 bits per heavy atom. The van der Waals surface area contributed by atoms with Crippen LogP contribution in [-0.4, -0.2) is 4.99 Å². The number of nitrogens with one attached hydrogen (secondary N) is 1. The molecule has 0 spiro atoms. The van der Waals surface area contributed by atoms with Crippen molar-refractivity contribution < 1.29 is 0 Å². The Morgan fingerprint density at radius 3 is 2.47 bits per heavy atom. The SMILES string of the molecule is NC(=S)c1ccc(Cl)cc1Nc1ccc(Br)cc1Cl. The van der Waals surface area contributed by atoms with E-state index in [2.05, 4.69) is 21.2 Å². The Hall–Kier alpha value is -0.810. The summed E-state index contributed by atoms with van der Waals surface area (Å²) < 4.78 is 0.906. The maximum atomic E-state index is 6.16. The van der Waals surface area contributed by atoms with Gasteiger partial charge in [-0.05, 0) is 36.4 Å². The first-order valence-corrected chi connectivity index (χ1v) is 7.24. The summed E-state index contributed by atoms with van der Waals surface area (Å²) in [5.74, 6) is 0. The Morgan fingerprint density at radius 1 is 1.11 bits per heavy atom. The lowest BCUT2D eigenvalue weighted by Gasteiger charge is -2.13. The second kappa shape index (κ2) is 6.09. The zero-order valence-corrected chi connectivity index (χ0v) is 13.5. The van der Waals surface area contributed by atoms with Gasteiger partial charge in [-0.1, -0.05) is 51.3 Å². The highest BCUT2D eigenvalue weighted by molar-refractivity contribution is 9.10. The third kappa shape index (κ3) is 3.60. The molecule has 19 heavy (non-hydrogen) atoms. The van der Waals surface area contributed by atoms with Crippen LogP contribution in [0.2, 0.25) is 10.0 Å². The monoisotopic (exact) mass is 374 g/mol. The number of hydrogen-bond donors (Lipinski definition) is 2. The highest BCUT2D eigenvalue weighted by Gasteiger charge is 2.08. The van der Waals surface area contributed by atoms with Crippen LogP contribution in [0.1, 0.15) is 5.56 Å². The van der Waals surface area contributed by atoms with Gasteiger partial charge in [0.2, 0.25) is 0 Å². The third-order valence-electron chi connectivity index (χ3n) is 2.45. The fraction of sp³-hybridized carbons (Fsp3) is 0. The Balaban J connectivity index is 2.42.